The third-order valence-electron chi connectivity index (χ3n) is 4.90. The van der Waals surface area contributed by atoms with Crippen LogP contribution in [0.2, 0.25) is 0 Å². The van der Waals surface area contributed by atoms with Gasteiger partial charge in [0, 0.05) is 39.1 Å². The summed E-state index contributed by atoms with van der Waals surface area (Å²) in [4.78, 5) is 9.39. The molecule has 1 saturated heterocycles. The smallest absolute Gasteiger partial charge is 0.124 e. The van der Waals surface area contributed by atoms with Gasteiger partial charge in [-0.25, -0.2) is 9.37 Å². The summed E-state index contributed by atoms with van der Waals surface area (Å²) < 4.78 is 14.2. The van der Waals surface area contributed by atoms with Crippen molar-refractivity contribution in [2.75, 3.05) is 26.2 Å². The Bertz CT molecular complexity index is 859. The van der Waals surface area contributed by atoms with Crippen LogP contribution >= 0.6 is 11.3 Å². The van der Waals surface area contributed by atoms with Gasteiger partial charge in [0.05, 0.1) is 21.4 Å². The highest BCUT2D eigenvalue weighted by Gasteiger charge is 2.22. The number of benzene rings is 2. The fourth-order valence-corrected chi connectivity index (χ4v) is 4.48. The first-order valence-electron chi connectivity index (χ1n) is 8.98. The van der Waals surface area contributed by atoms with Crippen LogP contribution in [0.15, 0.2) is 48.5 Å². The molecule has 3 aromatic rings. The number of thiazole rings is 1. The van der Waals surface area contributed by atoms with E-state index >= 15 is 0 Å². The zero-order valence-corrected chi connectivity index (χ0v) is 15.5. The Morgan fingerprint density at radius 3 is 2.62 bits per heavy atom. The Labute approximate surface area is 157 Å². The van der Waals surface area contributed by atoms with Gasteiger partial charge in [-0.15, -0.1) is 11.3 Å². The second kappa shape index (κ2) is 7.80. The van der Waals surface area contributed by atoms with E-state index in [1.54, 1.807) is 12.1 Å². The minimum atomic E-state index is -0.216. The maximum atomic E-state index is 13.3. The van der Waals surface area contributed by atoms with Gasteiger partial charge in [-0.2, -0.15) is 0 Å². The highest BCUT2D eigenvalue weighted by atomic mass is 32.1. The molecule has 1 aromatic heterocycles. The number of nitrogens with zero attached hydrogens (tertiary/aromatic N) is 3. The largest absolute Gasteiger partial charge is 0.315 e. The molecule has 2 heterocycles. The van der Waals surface area contributed by atoms with Gasteiger partial charge in [-0.05, 0) is 23.8 Å². The maximum absolute atomic E-state index is 13.3. The van der Waals surface area contributed by atoms with E-state index in [0.29, 0.717) is 6.42 Å². The molecule has 0 radical (unpaired) electrons. The van der Waals surface area contributed by atoms with Crippen LogP contribution in [-0.2, 0) is 13.0 Å². The van der Waals surface area contributed by atoms with Crippen LogP contribution in [0.25, 0.3) is 10.2 Å². The molecule has 1 aliphatic heterocycles. The molecule has 2 aromatic carbocycles. The second-order valence-electron chi connectivity index (χ2n) is 6.79. The van der Waals surface area contributed by atoms with Crippen molar-refractivity contribution in [2.24, 2.45) is 5.73 Å². The second-order valence-corrected chi connectivity index (χ2v) is 7.90. The van der Waals surface area contributed by atoms with Crippen LogP contribution in [0.4, 0.5) is 4.39 Å². The predicted molar refractivity (Wildman–Crippen MR) is 105 cm³/mol. The summed E-state index contributed by atoms with van der Waals surface area (Å²) in [5.74, 6) is -0.216. The molecule has 0 saturated carbocycles. The highest BCUT2D eigenvalue weighted by molar-refractivity contribution is 7.18. The number of piperazine rings is 1. The van der Waals surface area contributed by atoms with Crippen molar-refractivity contribution in [3.05, 3.63) is 64.9 Å². The van der Waals surface area contributed by atoms with Crippen molar-refractivity contribution in [1.29, 1.82) is 0 Å². The lowest BCUT2D eigenvalue weighted by Crippen LogP contribution is -2.53. The van der Waals surface area contributed by atoms with Gasteiger partial charge in [0.15, 0.2) is 0 Å². The van der Waals surface area contributed by atoms with E-state index in [2.05, 4.69) is 45.1 Å². The summed E-state index contributed by atoms with van der Waals surface area (Å²) in [5.41, 5.74) is 8.64. The Morgan fingerprint density at radius 1 is 1.08 bits per heavy atom. The maximum Gasteiger partial charge on any atom is 0.124 e. The number of hydrogen-bond donors (Lipinski definition) is 1. The zero-order chi connectivity index (χ0) is 17.9. The average Bonchev–Trinajstić information content (AvgIpc) is 3.04. The van der Waals surface area contributed by atoms with E-state index in [-0.39, 0.29) is 12.0 Å². The fraction of sp³-hybridized carbons (Fsp3) is 0.350. The zero-order valence-electron chi connectivity index (χ0n) is 14.6. The monoisotopic (exact) mass is 370 g/mol. The molecule has 4 nitrogen and oxygen atoms in total. The van der Waals surface area contributed by atoms with Crippen LogP contribution in [-0.4, -0.2) is 47.1 Å². The van der Waals surface area contributed by atoms with Crippen molar-refractivity contribution in [3.8, 4) is 0 Å². The number of rotatable bonds is 5. The topological polar surface area (TPSA) is 45.4 Å². The summed E-state index contributed by atoms with van der Waals surface area (Å²) in [6.45, 7) is 4.97. The Kier molecular flexibility index (Phi) is 5.26. The average molecular weight is 370 g/mol. The lowest BCUT2D eigenvalue weighted by molar-refractivity contribution is 0.0935. The van der Waals surface area contributed by atoms with Crippen molar-refractivity contribution < 1.29 is 4.39 Å². The minimum Gasteiger partial charge on any atom is -0.315 e. The molecule has 0 amide bonds. The van der Waals surface area contributed by atoms with E-state index in [4.69, 9.17) is 5.73 Å². The van der Waals surface area contributed by atoms with E-state index in [1.165, 1.54) is 23.0 Å². The molecule has 26 heavy (non-hydrogen) atoms. The molecule has 1 unspecified atom stereocenters. The van der Waals surface area contributed by atoms with Crippen LogP contribution in [0.3, 0.4) is 0 Å². The molecule has 4 rings (SSSR count). The predicted octanol–water partition coefficient (Wildman–Crippen LogP) is 3.08. The first kappa shape index (κ1) is 17.5. The summed E-state index contributed by atoms with van der Waals surface area (Å²) in [7, 11) is 0. The molecule has 6 heteroatoms. The molecule has 0 bridgehead atoms. The van der Waals surface area contributed by atoms with Crippen LogP contribution in [0.5, 0.6) is 0 Å². The first-order chi connectivity index (χ1) is 12.7. The number of hydrogen-bond acceptors (Lipinski definition) is 5. The normalized spacial score (nSPS) is 17.6. The Hall–Kier alpha value is -1.86. The van der Waals surface area contributed by atoms with Crippen LogP contribution in [0, 0.1) is 5.82 Å². The summed E-state index contributed by atoms with van der Waals surface area (Å²) in [6.07, 6.45) is 0.666. The quantitative estimate of drug-likeness (QED) is 0.750. The number of nitrogens with two attached hydrogens (primary N) is 1. The summed E-state index contributed by atoms with van der Waals surface area (Å²) in [6, 6.07) is 15.3. The van der Waals surface area contributed by atoms with Gasteiger partial charge < -0.3 is 5.73 Å². The molecule has 0 aliphatic carbocycles. The van der Waals surface area contributed by atoms with Crippen molar-refractivity contribution >= 4 is 21.6 Å². The third kappa shape index (κ3) is 4.10. The third-order valence-corrected chi connectivity index (χ3v) is 5.94. The highest BCUT2D eigenvalue weighted by Crippen LogP contribution is 2.24. The summed E-state index contributed by atoms with van der Waals surface area (Å²) in [5, 5.41) is 0.977. The number of halogens is 1. The van der Waals surface area contributed by atoms with E-state index < -0.39 is 0 Å². The lowest BCUT2D eigenvalue weighted by Gasteiger charge is -2.37. The Morgan fingerprint density at radius 2 is 1.85 bits per heavy atom. The molecule has 1 fully saturated rings. The van der Waals surface area contributed by atoms with Gasteiger partial charge >= 0.3 is 0 Å². The van der Waals surface area contributed by atoms with Crippen LogP contribution in [0.1, 0.15) is 10.6 Å². The molecule has 0 spiro atoms. The standard InChI is InChI=1S/C20H23FN4S/c21-16-6-7-17-18(12-16)26-20(23-17)13-19(22)25-10-8-24(9-11-25)14-15-4-2-1-3-5-15/h1-7,12,19H,8-11,13-14,22H2. The van der Waals surface area contributed by atoms with Gasteiger partial charge in [0.2, 0.25) is 0 Å². The molecular formula is C20H23FN4S. The van der Waals surface area contributed by atoms with Gasteiger partial charge in [0.1, 0.15) is 5.82 Å². The van der Waals surface area contributed by atoms with Crippen LogP contribution < -0.4 is 5.73 Å². The van der Waals surface area contributed by atoms with Crippen molar-refractivity contribution in [2.45, 2.75) is 19.1 Å². The minimum absolute atomic E-state index is 0.0423. The fourth-order valence-electron chi connectivity index (χ4n) is 3.44. The molecule has 2 N–H and O–H groups in total. The molecule has 1 atom stereocenters. The van der Waals surface area contributed by atoms with Gasteiger partial charge in [0.25, 0.3) is 0 Å². The Balaban J connectivity index is 1.32. The SMILES string of the molecule is NC(Cc1nc2ccc(F)cc2s1)N1CCN(Cc2ccccc2)CC1. The van der Waals surface area contributed by atoms with E-state index in [9.17, 15) is 4.39 Å². The number of aromatic nitrogens is 1. The van der Waals surface area contributed by atoms with Crippen molar-refractivity contribution in [1.82, 2.24) is 14.8 Å². The molecule has 1 aliphatic rings. The van der Waals surface area contributed by atoms with E-state index in [1.807, 2.05) is 0 Å². The summed E-state index contributed by atoms with van der Waals surface area (Å²) >= 11 is 1.54. The molecular weight excluding hydrogens is 347 g/mol. The number of fused-ring (bicyclic) bond motifs is 1. The molecule has 136 valence electrons. The lowest BCUT2D eigenvalue weighted by atomic mass is 10.2. The van der Waals surface area contributed by atoms with Crippen molar-refractivity contribution in [3.63, 3.8) is 0 Å². The van der Waals surface area contributed by atoms with Gasteiger partial charge in [-0.1, -0.05) is 30.3 Å². The van der Waals surface area contributed by atoms with E-state index in [0.717, 1.165) is 47.9 Å². The first-order valence-corrected chi connectivity index (χ1v) is 9.80. The van der Waals surface area contributed by atoms with Gasteiger partial charge in [-0.3, -0.25) is 9.80 Å².